The van der Waals surface area contributed by atoms with E-state index in [2.05, 4.69) is 0 Å². The average molecular weight is 568 g/mol. The van der Waals surface area contributed by atoms with E-state index in [9.17, 15) is 18.0 Å². The number of carbonyl (C=O) groups is 1. The van der Waals surface area contributed by atoms with Crippen molar-refractivity contribution in [3.8, 4) is 16.9 Å². The van der Waals surface area contributed by atoms with Crippen molar-refractivity contribution in [3.63, 3.8) is 0 Å². The third-order valence-corrected chi connectivity index (χ3v) is 8.31. The molecule has 9 heteroatoms. The quantitative estimate of drug-likeness (QED) is 0.196. The van der Waals surface area contributed by atoms with E-state index < -0.39 is 28.6 Å². The van der Waals surface area contributed by atoms with Crippen molar-refractivity contribution in [2.75, 3.05) is 40.5 Å². The Morgan fingerprint density at radius 1 is 1.10 bits per heavy atom. The molecule has 1 fully saturated rings. The predicted octanol–water partition coefficient (Wildman–Crippen LogP) is 7.61. The summed E-state index contributed by atoms with van der Waals surface area (Å²) in [6.07, 6.45) is -0.709. The van der Waals surface area contributed by atoms with Gasteiger partial charge in [0.15, 0.2) is 0 Å². The summed E-state index contributed by atoms with van der Waals surface area (Å²) in [5.41, 5.74) is -2.03. The molecule has 2 aromatic rings. The molecule has 2 aromatic carbocycles. The summed E-state index contributed by atoms with van der Waals surface area (Å²) >= 11 is 0. The number of hydrogen-bond acceptors (Lipinski definition) is 4. The molecule has 2 atom stereocenters. The highest BCUT2D eigenvalue weighted by Crippen LogP contribution is 2.56. The molecule has 0 radical (unpaired) electrons. The molecule has 1 aliphatic rings. The first-order valence-electron chi connectivity index (χ1n) is 13.9. The Balaban J connectivity index is 2.34. The zero-order valence-corrected chi connectivity index (χ0v) is 24.1. The van der Waals surface area contributed by atoms with Gasteiger partial charge in [0, 0.05) is 51.8 Å². The minimum atomic E-state index is -4.65. The minimum Gasteiger partial charge on any atom is -0.494 e. The van der Waals surface area contributed by atoms with Crippen LogP contribution in [0, 0.1) is 11.2 Å². The fourth-order valence-corrected chi connectivity index (χ4v) is 6.35. The van der Waals surface area contributed by atoms with E-state index in [0.717, 1.165) is 25.0 Å². The number of alkyl halides is 3. The molecular weight excluding hydrogens is 526 g/mol. The number of ether oxygens (including phenoxy) is 3. The Morgan fingerprint density at radius 2 is 1.85 bits per heavy atom. The van der Waals surface area contributed by atoms with E-state index in [1.54, 1.807) is 38.2 Å². The molecule has 0 saturated carbocycles. The van der Waals surface area contributed by atoms with Crippen molar-refractivity contribution in [2.45, 2.75) is 71.1 Å². The summed E-state index contributed by atoms with van der Waals surface area (Å²) in [6, 6.07) is 7.93. The van der Waals surface area contributed by atoms with E-state index in [1.807, 2.05) is 6.92 Å². The molecule has 1 saturated heterocycles. The van der Waals surface area contributed by atoms with Crippen LogP contribution in [0.3, 0.4) is 0 Å². The van der Waals surface area contributed by atoms with Crippen LogP contribution in [-0.2, 0) is 26.0 Å². The van der Waals surface area contributed by atoms with Gasteiger partial charge in [-0.15, -0.1) is 0 Å². The van der Waals surface area contributed by atoms with Gasteiger partial charge in [-0.05, 0) is 80.8 Å². The number of hydrogen-bond donors (Lipinski definition) is 0. The average Bonchev–Trinajstić information content (AvgIpc) is 2.92. The number of likely N-dealkylation sites (tertiary alicyclic amines) is 1. The largest absolute Gasteiger partial charge is 0.494 e. The Bertz CT molecular complexity index is 1150. The van der Waals surface area contributed by atoms with Crippen LogP contribution in [0.1, 0.15) is 70.4 Å². The van der Waals surface area contributed by atoms with Crippen molar-refractivity contribution in [3.05, 3.63) is 53.3 Å². The van der Waals surface area contributed by atoms with Gasteiger partial charge < -0.3 is 19.1 Å². The highest BCUT2D eigenvalue weighted by Gasteiger charge is 2.54. The lowest BCUT2D eigenvalue weighted by molar-refractivity contribution is -0.164. The van der Waals surface area contributed by atoms with Crippen molar-refractivity contribution in [2.24, 2.45) is 5.41 Å². The van der Waals surface area contributed by atoms with Crippen molar-refractivity contribution < 1.29 is 36.6 Å². The van der Waals surface area contributed by atoms with Crippen LogP contribution in [0.5, 0.6) is 5.75 Å². The standard InChI is InChI=1S/C31H41F4NO4/c1-6-29(14-11-16-36(21-29)22(3)37)30(39-5,15-8-9-17-38-4)26-12-10-13-27(32)28(26)23-18-24(31(33,34)35)20-25(19-23)40-7-2/h10,12-13,18-20H,6-9,11,14-17,21H2,1-5H3/t29-,30-/m1/s1. The van der Waals surface area contributed by atoms with Crippen LogP contribution >= 0.6 is 0 Å². The molecule has 5 nitrogen and oxygen atoms in total. The van der Waals surface area contributed by atoms with Gasteiger partial charge in [-0.2, -0.15) is 13.2 Å². The molecule has 0 spiro atoms. The maximum atomic E-state index is 15.9. The Hall–Kier alpha value is -2.65. The summed E-state index contributed by atoms with van der Waals surface area (Å²) in [4.78, 5) is 14.3. The third kappa shape index (κ3) is 6.46. The molecule has 1 heterocycles. The van der Waals surface area contributed by atoms with E-state index in [0.29, 0.717) is 50.9 Å². The summed E-state index contributed by atoms with van der Waals surface area (Å²) < 4.78 is 75.0. The van der Waals surface area contributed by atoms with Crippen LogP contribution in [0.4, 0.5) is 17.6 Å². The second-order valence-electron chi connectivity index (χ2n) is 10.5. The van der Waals surface area contributed by atoms with Gasteiger partial charge in [0.25, 0.3) is 0 Å². The minimum absolute atomic E-state index is 0.00951. The van der Waals surface area contributed by atoms with Crippen molar-refractivity contribution in [1.29, 1.82) is 0 Å². The maximum Gasteiger partial charge on any atom is 0.416 e. The fraction of sp³-hybridized carbons (Fsp3) is 0.581. The number of methoxy groups -OCH3 is 2. The second kappa shape index (κ2) is 13.3. The summed E-state index contributed by atoms with van der Waals surface area (Å²) in [5, 5.41) is 0. The van der Waals surface area contributed by atoms with Gasteiger partial charge in [0.1, 0.15) is 17.2 Å². The van der Waals surface area contributed by atoms with Gasteiger partial charge >= 0.3 is 6.18 Å². The number of piperidine rings is 1. The lowest BCUT2D eigenvalue weighted by Gasteiger charge is -2.55. The SMILES string of the molecule is CCOc1cc(-c2c(F)cccc2[C@@](CCCCOC)(OC)[C@]2(CC)CCCN(C(C)=O)C2)cc(C(F)(F)F)c1. The molecule has 222 valence electrons. The van der Waals surface area contributed by atoms with Crippen molar-refractivity contribution in [1.82, 2.24) is 4.90 Å². The molecule has 3 rings (SSSR count). The molecule has 0 unspecified atom stereocenters. The van der Waals surface area contributed by atoms with Gasteiger partial charge in [0.2, 0.25) is 5.91 Å². The number of benzene rings is 2. The van der Waals surface area contributed by atoms with Gasteiger partial charge in [0.05, 0.1) is 12.2 Å². The number of rotatable bonds is 12. The normalized spacial score (nSPS) is 19.4. The first-order chi connectivity index (χ1) is 19.0. The number of unbranched alkanes of at least 4 members (excludes halogenated alkanes) is 1. The predicted molar refractivity (Wildman–Crippen MR) is 147 cm³/mol. The first-order valence-corrected chi connectivity index (χ1v) is 13.9. The summed E-state index contributed by atoms with van der Waals surface area (Å²) in [6.45, 7) is 6.94. The molecule has 0 N–H and O–H groups in total. The molecule has 0 aliphatic carbocycles. The molecule has 0 aromatic heterocycles. The van der Waals surface area contributed by atoms with Gasteiger partial charge in [-0.1, -0.05) is 19.1 Å². The fourth-order valence-electron chi connectivity index (χ4n) is 6.35. The number of carbonyl (C=O) groups excluding carboxylic acids is 1. The van der Waals surface area contributed by atoms with Crippen molar-refractivity contribution >= 4 is 5.91 Å². The molecule has 1 amide bonds. The van der Waals surface area contributed by atoms with Gasteiger partial charge in [-0.3, -0.25) is 4.79 Å². The van der Waals surface area contributed by atoms with E-state index in [-0.39, 0.29) is 29.4 Å². The highest BCUT2D eigenvalue weighted by molar-refractivity contribution is 5.74. The van der Waals surface area contributed by atoms with Crippen LogP contribution in [0.25, 0.3) is 11.1 Å². The van der Waals surface area contributed by atoms with E-state index in [4.69, 9.17) is 14.2 Å². The Labute approximate surface area is 234 Å². The van der Waals surface area contributed by atoms with Gasteiger partial charge in [-0.25, -0.2) is 4.39 Å². The van der Waals surface area contributed by atoms with Crippen LogP contribution in [0.2, 0.25) is 0 Å². The first kappa shape index (κ1) is 31.9. The topological polar surface area (TPSA) is 48.0 Å². The zero-order valence-electron chi connectivity index (χ0n) is 24.1. The summed E-state index contributed by atoms with van der Waals surface area (Å²) in [5.74, 6) is -0.695. The lowest BCUT2D eigenvalue weighted by atomic mass is 9.59. The monoisotopic (exact) mass is 567 g/mol. The highest BCUT2D eigenvalue weighted by atomic mass is 19.4. The van der Waals surface area contributed by atoms with E-state index in [1.165, 1.54) is 19.1 Å². The number of amides is 1. The van der Waals surface area contributed by atoms with Crippen LogP contribution < -0.4 is 4.74 Å². The molecule has 0 bridgehead atoms. The smallest absolute Gasteiger partial charge is 0.416 e. The zero-order chi connectivity index (χ0) is 29.6. The maximum absolute atomic E-state index is 15.9. The van der Waals surface area contributed by atoms with Crippen LogP contribution in [-0.4, -0.2) is 51.3 Å². The second-order valence-corrected chi connectivity index (χ2v) is 10.5. The lowest BCUT2D eigenvalue weighted by Crippen LogP contribution is -2.57. The van der Waals surface area contributed by atoms with Crippen LogP contribution in [0.15, 0.2) is 36.4 Å². The summed E-state index contributed by atoms with van der Waals surface area (Å²) in [7, 11) is 3.20. The third-order valence-electron chi connectivity index (χ3n) is 8.31. The van der Waals surface area contributed by atoms with E-state index >= 15 is 4.39 Å². The molecular formula is C31H41F4NO4. The number of nitrogens with zero attached hydrogens (tertiary/aromatic N) is 1. The Kier molecular flexibility index (Phi) is 10.6. The molecule has 40 heavy (non-hydrogen) atoms. The number of halogens is 4. The Morgan fingerprint density at radius 3 is 2.45 bits per heavy atom. The molecule has 1 aliphatic heterocycles.